The topological polar surface area (TPSA) is 44.1 Å². The molecule has 0 bridgehead atoms. The van der Waals surface area contributed by atoms with E-state index < -0.39 is 0 Å². The number of rotatable bonds is 17. The summed E-state index contributed by atoms with van der Waals surface area (Å²) in [4.78, 5) is 0. The van der Waals surface area contributed by atoms with Crippen LogP contribution in [0.25, 0.3) is 0 Å². The summed E-state index contributed by atoms with van der Waals surface area (Å²) in [5.74, 6) is 0. The lowest BCUT2D eigenvalue weighted by molar-refractivity contribution is 0.147. The first-order valence-electron chi connectivity index (χ1n) is 9.48. The Morgan fingerprint density at radius 2 is 1.14 bits per heavy atom. The number of nitrogens with one attached hydrogen (secondary N) is 1. The van der Waals surface area contributed by atoms with E-state index in [2.05, 4.69) is 6.92 Å². The van der Waals surface area contributed by atoms with Crippen molar-refractivity contribution in [2.75, 3.05) is 0 Å². The van der Waals surface area contributed by atoms with Crippen LogP contribution in [-0.4, -0.2) is 17.4 Å². The summed E-state index contributed by atoms with van der Waals surface area (Å²) in [5.41, 5.74) is 0. The Balaban J connectivity index is 3.12. The van der Waals surface area contributed by atoms with Crippen molar-refractivity contribution in [1.82, 2.24) is 0 Å². The predicted octanol–water partition coefficient (Wildman–Crippen LogP) is 6.26. The molecule has 2 N–H and O–H groups in total. The molecule has 0 heterocycles. The molecule has 0 aliphatic carbocycles. The highest BCUT2D eigenvalue weighted by Gasteiger charge is 2.03. The molecule has 0 fully saturated rings. The van der Waals surface area contributed by atoms with Crippen LogP contribution in [0.1, 0.15) is 110 Å². The quantitative estimate of drug-likeness (QED) is 0.241. The van der Waals surface area contributed by atoms with E-state index in [1.54, 1.807) is 0 Å². The van der Waals surface area contributed by atoms with Crippen LogP contribution >= 0.6 is 0 Å². The predicted molar refractivity (Wildman–Crippen MR) is 94.3 cm³/mol. The standard InChI is InChI=1S/C19H39NO/c1-2-3-4-5-7-10-13-16-19(21)17-14-11-8-6-9-12-15-18-20/h18-21H,2-17H2,1H3. The van der Waals surface area contributed by atoms with Gasteiger partial charge in [0, 0.05) is 0 Å². The summed E-state index contributed by atoms with van der Waals surface area (Å²) in [6, 6.07) is 0. The molecule has 0 rings (SSSR count). The number of hydrogen-bond acceptors (Lipinski definition) is 2. The van der Waals surface area contributed by atoms with Gasteiger partial charge in [0.15, 0.2) is 0 Å². The van der Waals surface area contributed by atoms with Gasteiger partial charge in [-0.2, -0.15) is 0 Å². The van der Waals surface area contributed by atoms with Crippen molar-refractivity contribution in [2.24, 2.45) is 0 Å². The van der Waals surface area contributed by atoms with Gasteiger partial charge >= 0.3 is 0 Å². The van der Waals surface area contributed by atoms with E-state index in [1.807, 2.05) is 0 Å². The van der Waals surface area contributed by atoms with E-state index in [0.717, 1.165) is 19.3 Å². The molecule has 0 aromatic rings. The van der Waals surface area contributed by atoms with Crippen molar-refractivity contribution in [3.63, 3.8) is 0 Å². The molecule has 0 saturated heterocycles. The Morgan fingerprint density at radius 1 is 0.714 bits per heavy atom. The van der Waals surface area contributed by atoms with Crippen molar-refractivity contribution in [3.8, 4) is 0 Å². The first-order chi connectivity index (χ1) is 10.3. The molecule has 0 amide bonds. The zero-order chi connectivity index (χ0) is 15.6. The fourth-order valence-electron chi connectivity index (χ4n) is 2.81. The lowest BCUT2D eigenvalue weighted by Gasteiger charge is -2.10. The van der Waals surface area contributed by atoms with Gasteiger partial charge < -0.3 is 10.5 Å². The maximum Gasteiger partial charge on any atom is 0.0540 e. The van der Waals surface area contributed by atoms with Gasteiger partial charge in [-0.25, -0.2) is 0 Å². The molecule has 1 atom stereocenters. The van der Waals surface area contributed by atoms with Crippen molar-refractivity contribution in [2.45, 2.75) is 116 Å². The zero-order valence-corrected chi connectivity index (χ0v) is 14.4. The van der Waals surface area contributed by atoms with Crippen LogP contribution in [0.15, 0.2) is 0 Å². The molecule has 0 aliphatic heterocycles. The van der Waals surface area contributed by atoms with Crippen LogP contribution < -0.4 is 0 Å². The van der Waals surface area contributed by atoms with Crippen molar-refractivity contribution < 1.29 is 5.11 Å². The third-order valence-electron chi connectivity index (χ3n) is 4.28. The van der Waals surface area contributed by atoms with Crippen LogP contribution in [0.3, 0.4) is 0 Å². The summed E-state index contributed by atoms with van der Waals surface area (Å²) in [5, 5.41) is 16.9. The van der Waals surface area contributed by atoms with Crippen LogP contribution in [0, 0.1) is 5.41 Å². The summed E-state index contributed by atoms with van der Waals surface area (Å²) < 4.78 is 0. The summed E-state index contributed by atoms with van der Waals surface area (Å²) in [7, 11) is 0. The smallest absolute Gasteiger partial charge is 0.0540 e. The van der Waals surface area contributed by atoms with Crippen LogP contribution in [0.5, 0.6) is 0 Å². The van der Waals surface area contributed by atoms with Crippen molar-refractivity contribution >= 4 is 6.21 Å². The minimum absolute atomic E-state index is 0.0569. The van der Waals surface area contributed by atoms with Crippen LogP contribution in [-0.2, 0) is 0 Å². The maximum atomic E-state index is 9.94. The molecular weight excluding hydrogens is 258 g/mol. The Kier molecular flexibility index (Phi) is 17.4. The Hall–Kier alpha value is -0.370. The van der Waals surface area contributed by atoms with Gasteiger partial charge in [0.25, 0.3) is 0 Å². The molecule has 2 heteroatoms. The van der Waals surface area contributed by atoms with Crippen LogP contribution in [0.4, 0.5) is 0 Å². The largest absolute Gasteiger partial charge is 0.393 e. The van der Waals surface area contributed by atoms with E-state index in [4.69, 9.17) is 5.41 Å². The van der Waals surface area contributed by atoms with Gasteiger partial charge in [0.05, 0.1) is 6.10 Å². The lowest BCUT2D eigenvalue weighted by atomic mass is 10.0. The van der Waals surface area contributed by atoms with Crippen LogP contribution in [0.2, 0.25) is 0 Å². The maximum absolute atomic E-state index is 9.94. The van der Waals surface area contributed by atoms with Crippen molar-refractivity contribution in [3.05, 3.63) is 0 Å². The SMILES string of the molecule is CCCCCCCCCC(O)CCCCCCCCC=N. The first kappa shape index (κ1) is 20.6. The third-order valence-corrected chi connectivity index (χ3v) is 4.28. The van der Waals surface area contributed by atoms with E-state index >= 15 is 0 Å². The Morgan fingerprint density at radius 3 is 1.62 bits per heavy atom. The van der Waals surface area contributed by atoms with E-state index in [0.29, 0.717) is 0 Å². The lowest BCUT2D eigenvalue weighted by Crippen LogP contribution is -2.05. The summed E-state index contributed by atoms with van der Waals surface area (Å²) in [6.07, 6.45) is 21.2. The minimum atomic E-state index is -0.0569. The normalized spacial score (nSPS) is 12.5. The molecule has 0 aromatic heterocycles. The molecule has 0 spiro atoms. The molecule has 0 saturated carbocycles. The van der Waals surface area contributed by atoms with Gasteiger partial charge in [-0.3, -0.25) is 0 Å². The fourth-order valence-corrected chi connectivity index (χ4v) is 2.81. The number of unbranched alkanes of at least 4 members (excludes halogenated alkanes) is 12. The average Bonchev–Trinajstić information content (AvgIpc) is 2.49. The molecule has 2 nitrogen and oxygen atoms in total. The molecule has 0 aromatic carbocycles. The third kappa shape index (κ3) is 17.6. The highest BCUT2D eigenvalue weighted by Crippen LogP contribution is 2.14. The molecular formula is C19H39NO. The van der Waals surface area contributed by atoms with Gasteiger partial charge in [-0.05, 0) is 31.9 Å². The molecule has 126 valence electrons. The zero-order valence-electron chi connectivity index (χ0n) is 14.4. The highest BCUT2D eigenvalue weighted by atomic mass is 16.3. The average molecular weight is 298 g/mol. The van der Waals surface area contributed by atoms with E-state index in [1.165, 1.54) is 89.7 Å². The van der Waals surface area contributed by atoms with Gasteiger partial charge in [0.2, 0.25) is 0 Å². The number of hydrogen-bond donors (Lipinski definition) is 2. The van der Waals surface area contributed by atoms with Gasteiger partial charge in [0.1, 0.15) is 0 Å². The van der Waals surface area contributed by atoms with E-state index in [9.17, 15) is 5.11 Å². The Labute approximate surface area is 133 Å². The molecule has 0 radical (unpaired) electrons. The first-order valence-corrected chi connectivity index (χ1v) is 9.48. The molecule has 1 unspecified atom stereocenters. The molecule has 0 aliphatic rings. The highest BCUT2D eigenvalue weighted by molar-refractivity contribution is 5.52. The minimum Gasteiger partial charge on any atom is -0.393 e. The number of aliphatic hydroxyl groups excluding tert-OH is 1. The Bertz CT molecular complexity index is 206. The number of aliphatic hydroxyl groups is 1. The summed E-state index contributed by atoms with van der Waals surface area (Å²) >= 11 is 0. The fraction of sp³-hybridized carbons (Fsp3) is 0.947. The van der Waals surface area contributed by atoms with Gasteiger partial charge in [-0.1, -0.05) is 84.0 Å². The van der Waals surface area contributed by atoms with Crippen molar-refractivity contribution in [1.29, 1.82) is 5.41 Å². The van der Waals surface area contributed by atoms with E-state index in [-0.39, 0.29) is 6.10 Å². The second-order valence-corrected chi connectivity index (χ2v) is 6.47. The molecule has 21 heavy (non-hydrogen) atoms. The summed E-state index contributed by atoms with van der Waals surface area (Å²) in [6.45, 7) is 2.26. The monoisotopic (exact) mass is 297 g/mol. The second-order valence-electron chi connectivity index (χ2n) is 6.47. The van der Waals surface area contributed by atoms with Gasteiger partial charge in [-0.15, -0.1) is 0 Å². The second kappa shape index (κ2) is 17.7.